The Bertz CT molecular complexity index is 789. The van der Waals surface area contributed by atoms with E-state index in [9.17, 15) is 4.79 Å². The molecule has 1 aromatic carbocycles. The highest BCUT2D eigenvalue weighted by Crippen LogP contribution is 2.32. The van der Waals surface area contributed by atoms with Crippen LogP contribution in [0.4, 0.5) is 0 Å². The molecular formula is C21H31ClN4O3. The Labute approximate surface area is 178 Å². The summed E-state index contributed by atoms with van der Waals surface area (Å²) < 4.78 is 13.1. The maximum atomic E-state index is 13.3. The van der Waals surface area contributed by atoms with Crippen molar-refractivity contribution >= 4 is 18.3 Å². The normalized spacial score (nSPS) is 16.6. The topological polar surface area (TPSA) is 77.4 Å². The van der Waals surface area contributed by atoms with Gasteiger partial charge in [0.1, 0.15) is 5.54 Å². The van der Waals surface area contributed by atoms with Crippen LogP contribution in [-0.4, -0.2) is 42.0 Å². The second-order valence-electron chi connectivity index (χ2n) is 7.50. The standard InChI is InChI=1S/C21H30N4O3.ClH/c1-15(2)28-18-7-6-17(14-19(18)27-4)16(3)24-20(26)21(8-11-22-12-9-21)25-13-5-10-23-25;/h5-7,10,13-16,22H,8-9,11-12H2,1-4H3,(H,24,26);1H. The van der Waals surface area contributed by atoms with Crippen molar-refractivity contribution in [1.82, 2.24) is 20.4 Å². The van der Waals surface area contributed by atoms with Gasteiger partial charge in [-0.25, -0.2) is 0 Å². The Hall–Kier alpha value is -2.25. The first-order valence-corrected chi connectivity index (χ1v) is 9.82. The van der Waals surface area contributed by atoms with E-state index in [1.807, 2.05) is 51.2 Å². The Kier molecular flexibility index (Phi) is 7.93. The lowest BCUT2D eigenvalue weighted by Crippen LogP contribution is -2.55. The van der Waals surface area contributed by atoms with E-state index in [0.717, 1.165) is 18.7 Å². The van der Waals surface area contributed by atoms with Gasteiger partial charge >= 0.3 is 0 Å². The molecule has 1 amide bonds. The highest BCUT2D eigenvalue weighted by molar-refractivity contribution is 5.85. The zero-order chi connectivity index (χ0) is 20.1. The molecule has 1 aliphatic heterocycles. The number of hydrogen-bond acceptors (Lipinski definition) is 5. The quantitative estimate of drug-likeness (QED) is 0.717. The molecule has 29 heavy (non-hydrogen) atoms. The largest absolute Gasteiger partial charge is 0.493 e. The van der Waals surface area contributed by atoms with Crippen LogP contribution < -0.4 is 20.1 Å². The number of carbonyl (C=O) groups excluding carboxylic acids is 1. The molecule has 3 rings (SSSR count). The van der Waals surface area contributed by atoms with Crippen LogP contribution in [0.15, 0.2) is 36.7 Å². The predicted octanol–water partition coefficient (Wildman–Crippen LogP) is 3.06. The Morgan fingerprint density at radius 2 is 1.97 bits per heavy atom. The van der Waals surface area contributed by atoms with Crippen LogP contribution in [0.5, 0.6) is 11.5 Å². The molecule has 0 bridgehead atoms. The molecule has 2 N–H and O–H groups in total. The Morgan fingerprint density at radius 3 is 2.55 bits per heavy atom. The fourth-order valence-corrected chi connectivity index (χ4v) is 3.64. The van der Waals surface area contributed by atoms with Gasteiger partial charge in [0.05, 0.1) is 19.3 Å². The molecule has 0 radical (unpaired) electrons. The molecular weight excluding hydrogens is 392 g/mol. The van der Waals surface area contributed by atoms with Gasteiger partial charge < -0.3 is 20.1 Å². The minimum atomic E-state index is -0.659. The molecule has 0 aliphatic carbocycles. The SMILES string of the molecule is COc1cc(C(C)NC(=O)C2(n3cccn3)CCNCC2)ccc1OC(C)C.Cl. The lowest BCUT2D eigenvalue weighted by molar-refractivity contribution is -0.132. The summed E-state index contributed by atoms with van der Waals surface area (Å²) in [4.78, 5) is 13.3. The maximum absolute atomic E-state index is 13.3. The van der Waals surface area contributed by atoms with Crippen LogP contribution in [0, 0.1) is 0 Å². The molecule has 2 heterocycles. The van der Waals surface area contributed by atoms with Gasteiger partial charge in [0.2, 0.25) is 5.91 Å². The van der Waals surface area contributed by atoms with E-state index in [-0.39, 0.29) is 30.5 Å². The van der Waals surface area contributed by atoms with Crippen molar-refractivity contribution in [2.45, 2.75) is 51.3 Å². The summed E-state index contributed by atoms with van der Waals surface area (Å²) in [6.07, 6.45) is 5.07. The first kappa shape index (κ1) is 23.0. The summed E-state index contributed by atoms with van der Waals surface area (Å²) in [6.45, 7) is 7.51. The lowest BCUT2D eigenvalue weighted by atomic mass is 9.87. The van der Waals surface area contributed by atoms with Gasteiger partial charge in [-0.15, -0.1) is 12.4 Å². The fraction of sp³-hybridized carbons (Fsp3) is 0.524. The third-order valence-corrected chi connectivity index (χ3v) is 5.19. The summed E-state index contributed by atoms with van der Waals surface area (Å²) in [6, 6.07) is 7.47. The Balaban J connectivity index is 0.00000300. The summed E-state index contributed by atoms with van der Waals surface area (Å²) in [5, 5.41) is 10.9. The monoisotopic (exact) mass is 422 g/mol. The van der Waals surface area contributed by atoms with E-state index in [4.69, 9.17) is 9.47 Å². The summed E-state index contributed by atoms with van der Waals surface area (Å²) in [7, 11) is 1.62. The maximum Gasteiger partial charge on any atom is 0.248 e. The number of amides is 1. The zero-order valence-corrected chi connectivity index (χ0v) is 18.3. The third kappa shape index (κ3) is 5.03. The molecule has 160 valence electrons. The number of ether oxygens (including phenoxy) is 2. The highest BCUT2D eigenvalue weighted by Gasteiger charge is 2.42. The molecule has 2 aromatic rings. The lowest BCUT2D eigenvalue weighted by Gasteiger charge is -2.37. The van der Waals surface area contributed by atoms with Gasteiger partial charge in [-0.05, 0) is 70.5 Å². The van der Waals surface area contributed by atoms with Gasteiger partial charge in [0, 0.05) is 12.4 Å². The van der Waals surface area contributed by atoms with Gasteiger partial charge in [0.25, 0.3) is 0 Å². The van der Waals surface area contributed by atoms with Crippen LogP contribution in [0.25, 0.3) is 0 Å². The molecule has 1 unspecified atom stereocenters. The second-order valence-corrected chi connectivity index (χ2v) is 7.50. The van der Waals surface area contributed by atoms with Crippen LogP contribution in [-0.2, 0) is 10.3 Å². The van der Waals surface area contributed by atoms with E-state index in [1.165, 1.54) is 0 Å². The highest BCUT2D eigenvalue weighted by atomic mass is 35.5. The number of carbonyl (C=O) groups is 1. The minimum Gasteiger partial charge on any atom is -0.493 e. The molecule has 8 heteroatoms. The van der Waals surface area contributed by atoms with Crippen molar-refractivity contribution in [3.63, 3.8) is 0 Å². The number of methoxy groups -OCH3 is 1. The molecule has 0 saturated carbocycles. The van der Waals surface area contributed by atoms with Crippen LogP contribution in [0.3, 0.4) is 0 Å². The summed E-state index contributed by atoms with van der Waals surface area (Å²) in [5.74, 6) is 1.36. The minimum absolute atomic E-state index is 0. The summed E-state index contributed by atoms with van der Waals surface area (Å²) >= 11 is 0. The van der Waals surface area contributed by atoms with Gasteiger partial charge in [-0.3, -0.25) is 9.48 Å². The molecule has 1 aliphatic rings. The first-order chi connectivity index (χ1) is 13.5. The van der Waals surface area contributed by atoms with Crippen LogP contribution >= 0.6 is 12.4 Å². The van der Waals surface area contributed by atoms with Crippen molar-refractivity contribution in [3.8, 4) is 11.5 Å². The van der Waals surface area contributed by atoms with E-state index in [0.29, 0.717) is 24.3 Å². The molecule has 1 atom stereocenters. The molecule has 1 saturated heterocycles. The summed E-state index contributed by atoms with van der Waals surface area (Å²) in [5.41, 5.74) is 0.305. The molecule has 1 fully saturated rings. The van der Waals surface area contributed by atoms with E-state index in [2.05, 4.69) is 15.7 Å². The van der Waals surface area contributed by atoms with Gasteiger partial charge in [0.15, 0.2) is 11.5 Å². The number of benzene rings is 1. The number of halogens is 1. The molecule has 1 aromatic heterocycles. The first-order valence-electron chi connectivity index (χ1n) is 9.82. The predicted molar refractivity (Wildman–Crippen MR) is 115 cm³/mol. The van der Waals surface area contributed by atoms with Crippen molar-refractivity contribution < 1.29 is 14.3 Å². The van der Waals surface area contributed by atoms with Crippen molar-refractivity contribution in [1.29, 1.82) is 0 Å². The van der Waals surface area contributed by atoms with E-state index in [1.54, 1.807) is 18.0 Å². The number of aromatic nitrogens is 2. The van der Waals surface area contributed by atoms with Crippen LogP contribution in [0.1, 0.15) is 45.2 Å². The Morgan fingerprint density at radius 1 is 1.24 bits per heavy atom. The van der Waals surface area contributed by atoms with Crippen molar-refractivity contribution in [3.05, 3.63) is 42.2 Å². The number of piperidine rings is 1. The molecule has 7 nitrogen and oxygen atoms in total. The van der Waals surface area contributed by atoms with Gasteiger partial charge in [-0.1, -0.05) is 6.07 Å². The van der Waals surface area contributed by atoms with E-state index >= 15 is 0 Å². The van der Waals surface area contributed by atoms with Crippen molar-refractivity contribution in [2.24, 2.45) is 0 Å². The fourth-order valence-electron chi connectivity index (χ4n) is 3.64. The zero-order valence-electron chi connectivity index (χ0n) is 17.5. The number of hydrogen-bond donors (Lipinski definition) is 2. The average molecular weight is 423 g/mol. The van der Waals surface area contributed by atoms with Crippen LogP contribution in [0.2, 0.25) is 0 Å². The van der Waals surface area contributed by atoms with Crippen molar-refractivity contribution in [2.75, 3.05) is 20.2 Å². The number of nitrogens with zero attached hydrogens (tertiary/aromatic N) is 2. The van der Waals surface area contributed by atoms with E-state index < -0.39 is 5.54 Å². The average Bonchev–Trinajstić information content (AvgIpc) is 3.23. The number of nitrogens with one attached hydrogen (secondary N) is 2. The molecule has 0 spiro atoms. The third-order valence-electron chi connectivity index (χ3n) is 5.19. The van der Waals surface area contributed by atoms with Gasteiger partial charge in [-0.2, -0.15) is 5.10 Å². The smallest absolute Gasteiger partial charge is 0.248 e. The second kappa shape index (κ2) is 9.98. The number of rotatable bonds is 7.